The number of nitrogens with zero attached hydrogens (tertiary/aromatic N) is 3. The van der Waals surface area contributed by atoms with Crippen LogP contribution in [0.4, 0.5) is 0 Å². The van der Waals surface area contributed by atoms with Crippen LogP contribution >= 0.6 is 11.3 Å². The molecule has 1 atom stereocenters. The second-order valence-electron chi connectivity index (χ2n) is 3.70. The second-order valence-corrected chi connectivity index (χ2v) is 4.70. The minimum atomic E-state index is 0.230. The molecule has 0 saturated carbocycles. The molecule has 1 N–H and O–H groups in total. The van der Waals surface area contributed by atoms with Crippen molar-refractivity contribution < 1.29 is 0 Å². The molecule has 5 heteroatoms. The van der Waals surface area contributed by atoms with Gasteiger partial charge in [0.15, 0.2) is 0 Å². The molecule has 3 rings (SSSR count). The molecule has 15 heavy (non-hydrogen) atoms. The van der Waals surface area contributed by atoms with E-state index in [0.29, 0.717) is 0 Å². The van der Waals surface area contributed by atoms with Crippen molar-refractivity contribution in [3.63, 3.8) is 0 Å². The number of fused-ring (bicyclic) bond motifs is 1. The average Bonchev–Trinajstić information content (AvgIpc) is 2.84. The van der Waals surface area contributed by atoms with Crippen LogP contribution in [0.25, 0.3) is 0 Å². The molecule has 2 aromatic rings. The first-order chi connectivity index (χ1) is 7.34. The van der Waals surface area contributed by atoms with Gasteiger partial charge in [-0.2, -0.15) is 15.0 Å². The summed E-state index contributed by atoms with van der Waals surface area (Å²) in [6.45, 7) is 1.02. The van der Waals surface area contributed by atoms with Gasteiger partial charge in [0.25, 0.3) is 0 Å². The van der Waals surface area contributed by atoms with E-state index in [0.717, 1.165) is 18.7 Å². The van der Waals surface area contributed by atoms with E-state index in [2.05, 4.69) is 27.0 Å². The number of aromatic nitrogens is 3. The van der Waals surface area contributed by atoms with Gasteiger partial charge in [-0.1, -0.05) is 0 Å². The predicted molar refractivity (Wildman–Crippen MR) is 58.9 cm³/mol. The molecule has 4 nitrogen and oxygen atoms in total. The lowest BCUT2D eigenvalue weighted by Gasteiger charge is -2.22. The lowest BCUT2D eigenvalue weighted by molar-refractivity contribution is 0.550. The van der Waals surface area contributed by atoms with Crippen molar-refractivity contribution in [2.45, 2.75) is 12.5 Å². The van der Waals surface area contributed by atoms with Crippen molar-refractivity contribution in [1.82, 2.24) is 20.3 Å². The molecule has 0 spiro atoms. The highest BCUT2D eigenvalue weighted by Crippen LogP contribution is 2.30. The smallest absolute Gasteiger partial charge is 0.104 e. The van der Waals surface area contributed by atoms with Crippen molar-refractivity contribution in [2.24, 2.45) is 7.05 Å². The van der Waals surface area contributed by atoms with Gasteiger partial charge in [-0.3, -0.25) is 0 Å². The van der Waals surface area contributed by atoms with Crippen molar-refractivity contribution in [2.75, 3.05) is 6.54 Å². The normalized spacial score (nSPS) is 20.2. The zero-order valence-electron chi connectivity index (χ0n) is 8.47. The number of hydrogen-bond donors (Lipinski definition) is 1. The molecule has 0 fully saturated rings. The zero-order chi connectivity index (χ0) is 10.3. The monoisotopic (exact) mass is 220 g/mol. The Labute approximate surface area is 91.9 Å². The van der Waals surface area contributed by atoms with Crippen LogP contribution in [0, 0.1) is 0 Å². The van der Waals surface area contributed by atoms with E-state index in [-0.39, 0.29) is 6.04 Å². The molecule has 0 aromatic carbocycles. The van der Waals surface area contributed by atoms with E-state index >= 15 is 0 Å². The predicted octanol–water partition coefficient (Wildman–Crippen LogP) is 1.11. The Morgan fingerprint density at radius 2 is 2.53 bits per heavy atom. The Balaban J connectivity index is 2.02. The quantitative estimate of drug-likeness (QED) is 0.783. The molecule has 0 saturated heterocycles. The summed E-state index contributed by atoms with van der Waals surface area (Å²) in [5, 5.41) is 14.1. The van der Waals surface area contributed by atoms with Crippen LogP contribution in [0.15, 0.2) is 17.6 Å². The molecular weight excluding hydrogens is 208 g/mol. The summed E-state index contributed by atoms with van der Waals surface area (Å²) >= 11 is 1.84. The minimum Gasteiger partial charge on any atom is -0.304 e. The van der Waals surface area contributed by atoms with E-state index < -0.39 is 0 Å². The zero-order valence-corrected chi connectivity index (χ0v) is 9.29. The van der Waals surface area contributed by atoms with Crippen molar-refractivity contribution in [3.05, 3.63) is 33.8 Å². The lowest BCUT2D eigenvalue weighted by atomic mass is 10.0. The molecule has 0 bridgehead atoms. The highest BCUT2D eigenvalue weighted by atomic mass is 32.1. The molecule has 3 heterocycles. The first-order valence-corrected chi connectivity index (χ1v) is 5.88. The second kappa shape index (κ2) is 3.43. The van der Waals surface area contributed by atoms with E-state index in [1.165, 1.54) is 10.4 Å². The third-order valence-corrected chi connectivity index (χ3v) is 3.70. The van der Waals surface area contributed by atoms with Crippen molar-refractivity contribution >= 4 is 11.3 Å². The van der Waals surface area contributed by atoms with Gasteiger partial charge in [0.05, 0.1) is 12.2 Å². The van der Waals surface area contributed by atoms with Gasteiger partial charge in [0.2, 0.25) is 0 Å². The van der Waals surface area contributed by atoms with Crippen LogP contribution < -0.4 is 5.32 Å². The summed E-state index contributed by atoms with van der Waals surface area (Å²) in [6, 6.07) is 2.42. The summed E-state index contributed by atoms with van der Waals surface area (Å²) < 4.78 is 0. The Morgan fingerprint density at radius 1 is 1.60 bits per heavy atom. The largest absolute Gasteiger partial charge is 0.304 e. The summed E-state index contributed by atoms with van der Waals surface area (Å²) in [5.74, 6) is 0. The number of thiophene rings is 1. The lowest BCUT2D eigenvalue weighted by Crippen LogP contribution is -2.29. The number of aryl methyl sites for hydroxylation is 1. The van der Waals surface area contributed by atoms with E-state index in [1.54, 1.807) is 4.80 Å². The first kappa shape index (κ1) is 9.06. The highest BCUT2D eigenvalue weighted by Gasteiger charge is 2.24. The van der Waals surface area contributed by atoms with E-state index in [9.17, 15) is 0 Å². The Hall–Kier alpha value is -1.20. The van der Waals surface area contributed by atoms with Crippen LogP contribution in [-0.4, -0.2) is 21.5 Å². The van der Waals surface area contributed by atoms with Crippen LogP contribution in [0.2, 0.25) is 0 Å². The SMILES string of the molecule is Cn1ncc(C2NCCc3sccc32)n1. The maximum absolute atomic E-state index is 4.36. The fourth-order valence-corrected chi connectivity index (χ4v) is 2.93. The maximum Gasteiger partial charge on any atom is 0.104 e. The molecule has 1 aliphatic rings. The Kier molecular flexibility index (Phi) is 2.07. The minimum absolute atomic E-state index is 0.230. The van der Waals surface area contributed by atoms with Gasteiger partial charge in [-0.15, -0.1) is 11.3 Å². The highest BCUT2D eigenvalue weighted by molar-refractivity contribution is 7.10. The summed E-state index contributed by atoms with van der Waals surface area (Å²) in [4.78, 5) is 3.09. The third-order valence-electron chi connectivity index (χ3n) is 2.70. The van der Waals surface area contributed by atoms with Gasteiger partial charge in [-0.05, 0) is 23.4 Å². The molecule has 1 unspecified atom stereocenters. The van der Waals surface area contributed by atoms with E-state index in [1.807, 2.05) is 24.6 Å². The molecule has 0 aliphatic carbocycles. The maximum atomic E-state index is 4.36. The molecule has 78 valence electrons. The fourth-order valence-electron chi connectivity index (χ4n) is 2.01. The third kappa shape index (κ3) is 1.48. The van der Waals surface area contributed by atoms with Crippen LogP contribution in [0.5, 0.6) is 0 Å². The van der Waals surface area contributed by atoms with Crippen LogP contribution in [-0.2, 0) is 13.5 Å². The van der Waals surface area contributed by atoms with Crippen molar-refractivity contribution in [3.8, 4) is 0 Å². The standard InChI is InChI=1S/C10H12N4S/c1-14-12-6-8(13-14)10-7-3-5-15-9(7)2-4-11-10/h3,5-6,10-11H,2,4H2,1H3. The molecule has 2 aromatic heterocycles. The van der Waals surface area contributed by atoms with Gasteiger partial charge < -0.3 is 5.32 Å². The number of hydrogen-bond acceptors (Lipinski definition) is 4. The van der Waals surface area contributed by atoms with Gasteiger partial charge in [-0.25, -0.2) is 0 Å². The fraction of sp³-hybridized carbons (Fsp3) is 0.400. The Morgan fingerprint density at radius 3 is 3.33 bits per heavy atom. The molecule has 1 aliphatic heterocycles. The van der Waals surface area contributed by atoms with Gasteiger partial charge in [0.1, 0.15) is 5.69 Å². The molecular formula is C10H12N4S. The summed E-state index contributed by atoms with van der Waals surface area (Å²) in [7, 11) is 1.85. The van der Waals surface area contributed by atoms with Crippen LogP contribution in [0.3, 0.4) is 0 Å². The summed E-state index contributed by atoms with van der Waals surface area (Å²) in [6.07, 6.45) is 2.97. The average molecular weight is 220 g/mol. The molecule has 0 amide bonds. The van der Waals surface area contributed by atoms with Gasteiger partial charge in [0, 0.05) is 18.5 Å². The Bertz CT molecular complexity index is 473. The van der Waals surface area contributed by atoms with Crippen molar-refractivity contribution in [1.29, 1.82) is 0 Å². The number of rotatable bonds is 1. The summed E-state index contributed by atoms with van der Waals surface area (Å²) in [5.41, 5.74) is 2.38. The van der Waals surface area contributed by atoms with E-state index in [4.69, 9.17) is 0 Å². The first-order valence-electron chi connectivity index (χ1n) is 5.00. The number of nitrogens with one attached hydrogen (secondary N) is 1. The topological polar surface area (TPSA) is 42.7 Å². The van der Waals surface area contributed by atoms with Crippen LogP contribution in [0.1, 0.15) is 22.2 Å². The van der Waals surface area contributed by atoms with Gasteiger partial charge >= 0.3 is 0 Å². The molecule has 0 radical (unpaired) electrons.